The first kappa shape index (κ1) is 12.6. The lowest BCUT2D eigenvalue weighted by Crippen LogP contribution is -2.02. The Morgan fingerprint density at radius 3 is 2.39 bits per heavy atom. The van der Waals surface area contributed by atoms with Crippen molar-refractivity contribution < 1.29 is 4.79 Å². The van der Waals surface area contributed by atoms with Crippen molar-refractivity contribution in [3.8, 4) is 0 Å². The molecule has 0 atom stereocenters. The molecule has 0 aliphatic heterocycles. The average molecular weight is 237 g/mol. The molecule has 18 heavy (non-hydrogen) atoms. The lowest BCUT2D eigenvalue weighted by atomic mass is 9.98. The molecule has 2 rings (SSSR count). The van der Waals surface area contributed by atoms with Crippen LogP contribution < -0.4 is 0 Å². The SMILES string of the molecule is [CH2]Cc1cccc(C(=O)c2ccc(C)c(C)c2)c1. The normalized spacial score (nSPS) is 10.4. The lowest BCUT2D eigenvalue weighted by molar-refractivity contribution is 0.103. The quantitative estimate of drug-likeness (QED) is 0.740. The summed E-state index contributed by atoms with van der Waals surface area (Å²) in [6.45, 7) is 7.92. The molecule has 0 bridgehead atoms. The Kier molecular flexibility index (Phi) is 3.61. The van der Waals surface area contributed by atoms with Gasteiger partial charge in [-0.1, -0.05) is 30.3 Å². The van der Waals surface area contributed by atoms with Gasteiger partial charge in [0.05, 0.1) is 0 Å². The number of rotatable bonds is 3. The predicted molar refractivity (Wildman–Crippen MR) is 74.9 cm³/mol. The van der Waals surface area contributed by atoms with E-state index in [2.05, 4.69) is 6.92 Å². The fourth-order valence-corrected chi connectivity index (χ4v) is 1.92. The number of aryl methyl sites for hydroxylation is 2. The van der Waals surface area contributed by atoms with Crippen LogP contribution in [0.4, 0.5) is 0 Å². The fraction of sp³-hybridized carbons (Fsp3) is 0.176. The average Bonchev–Trinajstić information content (AvgIpc) is 2.41. The van der Waals surface area contributed by atoms with Crippen molar-refractivity contribution in [2.24, 2.45) is 0 Å². The third-order valence-electron chi connectivity index (χ3n) is 3.25. The summed E-state index contributed by atoms with van der Waals surface area (Å²) in [4.78, 5) is 12.4. The minimum atomic E-state index is 0.0772. The number of carbonyl (C=O) groups excluding carboxylic acids is 1. The van der Waals surface area contributed by atoms with Gasteiger partial charge in [-0.25, -0.2) is 0 Å². The highest BCUT2D eigenvalue weighted by atomic mass is 16.1. The molecular weight excluding hydrogens is 220 g/mol. The number of hydrogen-bond acceptors (Lipinski definition) is 1. The Hall–Kier alpha value is -1.89. The summed E-state index contributed by atoms with van der Waals surface area (Å²) in [5.74, 6) is 0.0772. The Bertz CT molecular complexity index is 582. The first-order valence-electron chi connectivity index (χ1n) is 6.12. The second kappa shape index (κ2) is 5.18. The number of benzene rings is 2. The van der Waals surface area contributed by atoms with Gasteiger partial charge >= 0.3 is 0 Å². The number of ketones is 1. The van der Waals surface area contributed by atoms with Gasteiger partial charge in [-0.15, -0.1) is 0 Å². The molecule has 0 aliphatic rings. The van der Waals surface area contributed by atoms with Crippen molar-refractivity contribution in [2.75, 3.05) is 0 Å². The Labute approximate surface area is 108 Å². The molecule has 0 saturated carbocycles. The van der Waals surface area contributed by atoms with Gasteiger partial charge in [0.15, 0.2) is 5.78 Å². The van der Waals surface area contributed by atoms with Gasteiger partial charge in [-0.2, -0.15) is 0 Å². The maximum absolute atomic E-state index is 12.4. The van der Waals surface area contributed by atoms with Crippen LogP contribution in [0.3, 0.4) is 0 Å². The van der Waals surface area contributed by atoms with E-state index in [0.29, 0.717) is 6.42 Å². The zero-order chi connectivity index (χ0) is 13.1. The van der Waals surface area contributed by atoms with E-state index in [1.54, 1.807) is 0 Å². The topological polar surface area (TPSA) is 17.1 Å². The number of carbonyl (C=O) groups is 1. The molecule has 0 amide bonds. The standard InChI is InChI=1S/C17H17O/c1-4-14-6-5-7-15(11-14)17(18)16-9-8-12(2)13(3)10-16/h5-11H,1,4H2,2-3H3. The Morgan fingerprint density at radius 1 is 1.00 bits per heavy atom. The molecule has 1 radical (unpaired) electrons. The predicted octanol–water partition coefficient (Wildman–Crippen LogP) is 3.91. The molecule has 0 spiro atoms. The van der Waals surface area contributed by atoms with Crippen LogP contribution in [0.5, 0.6) is 0 Å². The second-order valence-electron chi connectivity index (χ2n) is 4.58. The van der Waals surface area contributed by atoms with Crippen molar-refractivity contribution >= 4 is 5.78 Å². The van der Waals surface area contributed by atoms with Crippen molar-refractivity contribution in [1.29, 1.82) is 0 Å². The first-order chi connectivity index (χ1) is 8.61. The van der Waals surface area contributed by atoms with E-state index >= 15 is 0 Å². The van der Waals surface area contributed by atoms with E-state index in [1.807, 2.05) is 56.3 Å². The Morgan fingerprint density at radius 2 is 1.72 bits per heavy atom. The Balaban J connectivity index is 2.38. The molecule has 2 aromatic carbocycles. The van der Waals surface area contributed by atoms with Crippen molar-refractivity contribution in [3.63, 3.8) is 0 Å². The minimum Gasteiger partial charge on any atom is -0.289 e. The first-order valence-corrected chi connectivity index (χ1v) is 6.12. The van der Waals surface area contributed by atoms with Crippen molar-refractivity contribution in [3.05, 3.63) is 77.2 Å². The zero-order valence-electron chi connectivity index (χ0n) is 10.9. The molecule has 2 aromatic rings. The minimum absolute atomic E-state index is 0.0772. The molecule has 0 heterocycles. The van der Waals surface area contributed by atoms with E-state index in [0.717, 1.165) is 22.3 Å². The molecule has 1 nitrogen and oxygen atoms in total. The summed E-state index contributed by atoms with van der Waals surface area (Å²) in [5, 5.41) is 0. The molecule has 1 heteroatoms. The van der Waals surface area contributed by atoms with Crippen LogP contribution in [0.2, 0.25) is 0 Å². The second-order valence-corrected chi connectivity index (χ2v) is 4.58. The van der Waals surface area contributed by atoms with E-state index in [-0.39, 0.29) is 5.78 Å². The van der Waals surface area contributed by atoms with Crippen LogP contribution in [0.25, 0.3) is 0 Å². The maximum atomic E-state index is 12.4. The van der Waals surface area contributed by atoms with Gasteiger partial charge in [0, 0.05) is 11.1 Å². The summed E-state index contributed by atoms with van der Waals surface area (Å²) in [7, 11) is 0. The van der Waals surface area contributed by atoms with Gasteiger partial charge in [0.1, 0.15) is 0 Å². The molecule has 0 unspecified atom stereocenters. The maximum Gasteiger partial charge on any atom is 0.193 e. The van der Waals surface area contributed by atoms with Gasteiger partial charge in [-0.05, 0) is 56.0 Å². The van der Waals surface area contributed by atoms with Crippen molar-refractivity contribution in [1.82, 2.24) is 0 Å². The summed E-state index contributed by atoms with van der Waals surface area (Å²) in [5.41, 5.74) is 4.93. The fourth-order valence-electron chi connectivity index (χ4n) is 1.92. The summed E-state index contributed by atoms with van der Waals surface area (Å²) in [6, 6.07) is 13.5. The molecule has 0 saturated heterocycles. The molecular formula is C17H17O. The number of hydrogen-bond donors (Lipinski definition) is 0. The van der Waals surface area contributed by atoms with E-state index in [1.165, 1.54) is 5.56 Å². The highest BCUT2D eigenvalue weighted by molar-refractivity contribution is 6.09. The van der Waals surface area contributed by atoms with E-state index in [4.69, 9.17) is 0 Å². The summed E-state index contributed by atoms with van der Waals surface area (Å²) in [6.07, 6.45) is 0.702. The highest BCUT2D eigenvalue weighted by Gasteiger charge is 2.09. The zero-order valence-corrected chi connectivity index (χ0v) is 10.9. The van der Waals surface area contributed by atoms with Gasteiger partial charge in [0.25, 0.3) is 0 Å². The third kappa shape index (κ3) is 2.51. The van der Waals surface area contributed by atoms with Gasteiger partial charge in [0.2, 0.25) is 0 Å². The van der Waals surface area contributed by atoms with E-state index < -0.39 is 0 Å². The molecule has 0 N–H and O–H groups in total. The van der Waals surface area contributed by atoms with Crippen LogP contribution in [0, 0.1) is 20.8 Å². The van der Waals surface area contributed by atoms with Crippen LogP contribution in [0.15, 0.2) is 42.5 Å². The largest absolute Gasteiger partial charge is 0.289 e. The lowest BCUT2D eigenvalue weighted by Gasteiger charge is -2.06. The smallest absolute Gasteiger partial charge is 0.193 e. The summed E-state index contributed by atoms with van der Waals surface area (Å²) < 4.78 is 0. The molecule has 0 fully saturated rings. The van der Waals surface area contributed by atoms with Gasteiger partial charge < -0.3 is 0 Å². The summed E-state index contributed by atoms with van der Waals surface area (Å²) >= 11 is 0. The van der Waals surface area contributed by atoms with Crippen LogP contribution in [-0.4, -0.2) is 5.78 Å². The van der Waals surface area contributed by atoms with E-state index in [9.17, 15) is 4.79 Å². The van der Waals surface area contributed by atoms with Gasteiger partial charge in [-0.3, -0.25) is 4.79 Å². The molecule has 0 aliphatic carbocycles. The van der Waals surface area contributed by atoms with Crippen LogP contribution in [-0.2, 0) is 6.42 Å². The molecule has 0 aromatic heterocycles. The molecule has 91 valence electrons. The van der Waals surface area contributed by atoms with Crippen LogP contribution in [0.1, 0.15) is 32.6 Å². The third-order valence-corrected chi connectivity index (χ3v) is 3.25. The van der Waals surface area contributed by atoms with Crippen molar-refractivity contribution in [2.45, 2.75) is 20.3 Å². The highest BCUT2D eigenvalue weighted by Crippen LogP contribution is 2.15. The van der Waals surface area contributed by atoms with Crippen LogP contribution >= 0.6 is 0 Å². The monoisotopic (exact) mass is 237 g/mol.